The number of hydrogen-bond donors (Lipinski definition) is 1. The normalized spacial score (nSPS) is 14.0. The molecule has 0 saturated heterocycles. The highest BCUT2D eigenvalue weighted by molar-refractivity contribution is 8.00. The van der Waals surface area contributed by atoms with Gasteiger partial charge in [0.1, 0.15) is 0 Å². The number of aliphatic hydroxyl groups is 1. The van der Waals surface area contributed by atoms with Gasteiger partial charge in [0.2, 0.25) is 0 Å². The molecule has 3 nitrogen and oxygen atoms in total. The Morgan fingerprint density at radius 3 is 2.59 bits per heavy atom. The van der Waals surface area contributed by atoms with Gasteiger partial charge in [-0.2, -0.15) is 16.9 Å². The van der Waals surface area contributed by atoms with Crippen molar-refractivity contribution in [2.75, 3.05) is 5.75 Å². The molecule has 0 bridgehead atoms. The van der Waals surface area contributed by atoms with Crippen LogP contribution in [0.1, 0.15) is 39.1 Å². The standard InChI is InChI=1S/C13H24N2OS/c1-6-10-7-11(15(5)14-10)8-12(16)9-17-13(2,3)4/h7,12,16H,6,8-9H2,1-5H3. The molecule has 1 heterocycles. The molecular formula is C13H24N2OS. The first-order chi connectivity index (χ1) is 7.81. The first-order valence-electron chi connectivity index (χ1n) is 6.15. The van der Waals surface area contributed by atoms with Crippen LogP contribution in [0.5, 0.6) is 0 Å². The Morgan fingerprint density at radius 2 is 2.12 bits per heavy atom. The summed E-state index contributed by atoms with van der Waals surface area (Å²) < 4.78 is 2.09. The maximum Gasteiger partial charge on any atom is 0.0686 e. The number of thioether (sulfide) groups is 1. The van der Waals surface area contributed by atoms with E-state index in [0.29, 0.717) is 6.42 Å². The molecule has 0 fully saturated rings. The number of nitrogens with zero attached hydrogens (tertiary/aromatic N) is 2. The van der Waals surface area contributed by atoms with Crippen LogP contribution in [0.2, 0.25) is 0 Å². The number of rotatable bonds is 5. The second-order valence-corrected chi connectivity index (χ2v) is 7.23. The van der Waals surface area contributed by atoms with Crippen molar-refractivity contribution < 1.29 is 5.11 Å². The van der Waals surface area contributed by atoms with Gasteiger partial charge in [-0.05, 0) is 12.5 Å². The van der Waals surface area contributed by atoms with Crippen LogP contribution in [0.3, 0.4) is 0 Å². The van der Waals surface area contributed by atoms with E-state index in [0.717, 1.165) is 23.6 Å². The topological polar surface area (TPSA) is 38.0 Å². The summed E-state index contributed by atoms with van der Waals surface area (Å²) in [5.74, 6) is 0.774. The number of aryl methyl sites for hydroxylation is 2. The summed E-state index contributed by atoms with van der Waals surface area (Å²) >= 11 is 1.80. The van der Waals surface area contributed by atoms with Gasteiger partial charge in [0, 0.05) is 29.7 Å². The average Bonchev–Trinajstić information content (AvgIpc) is 2.56. The van der Waals surface area contributed by atoms with Gasteiger partial charge < -0.3 is 5.11 Å². The van der Waals surface area contributed by atoms with Gasteiger partial charge in [0.05, 0.1) is 11.8 Å². The van der Waals surface area contributed by atoms with Crippen molar-refractivity contribution in [1.29, 1.82) is 0 Å². The van der Waals surface area contributed by atoms with Crippen LogP contribution in [0.4, 0.5) is 0 Å². The van der Waals surface area contributed by atoms with Crippen molar-refractivity contribution in [2.24, 2.45) is 7.05 Å². The maximum absolute atomic E-state index is 10.0. The molecule has 0 aliphatic rings. The van der Waals surface area contributed by atoms with E-state index in [1.807, 2.05) is 11.7 Å². The molecule has 98 valence electrons. The van der Waals surface area contributed by atoms with Gasteiger partial charge in [-0.15, -0.1) is 0 Å². The zero-order valence-electron chi connectivity index (χ0n) is 11.5. The molecule has 0 radical (unpaired) electrons. The molecule has 0 saturated carbocycles. The highest BCUT2D eigenvalue weighted by Gasteiger charge is 2.15. The van der Waals surface area contributed by atoms with Crippen molar-refractivity contribution in [2.45, 2.75) is 51.4 Å². The van der Waals surface area contributed by atoms with E-state index in [2.05, 4.69) is 38.9 Å². The fourth-order valence-electron chi connectivity index (χ4n) is 1.58. The van der Waals surface area contributed by atoms with Crippen molar-refractivity contribution in [3.05, 3.63) is 17.5 Å². The third-order valence-electron chi connectivity index (χ3n) is 2.54. The molecule has 0 aromatic carbocycles. The van der Waals surface area contributed by atoms with Crippen molar-refractivity contribution in [3.8, 4) is 0 Å². The maximum atomic E-state index is 10.0. The van der Waals surface area contributed by atoms with Crippen LogP contribution in [0, 0.1) is 0 Å². The molecule has 1 atom stereocenters. The first-order valence-corrected chi connectivity index (χ1v) is 7.14. The molecule has 0 aliphatic heterocycles. The Bertz CT molecular complexity index is 355. The largest absolute Gasteiger partial charge is 0.392 e. The molecule has 1 rings (SSSR count). The number of aromatic nitrogens is 2. The minimum Gasteiger partial charge on any atom is -0.392 e. The van der Waals surface area contributed by atoms with Gasteiger partial charge in [-0.3, -0.25) is 4.68 Å². The lowest BCUT2D eigenvalue weighted by Gasteiger charge is -2.20. The van der Waals surface area contributed by atoms with E-state index >= 15 is 0 Å². The highest BCUT2D eigenvalue weighted by Crippen LogP contribution is 2.24. The quantitative estimate of drug-likeness (QED) is 0.879. The second kappa shape index (κ2) is 5.91. The van der Waals surface area contributed by atoms with Gasteiger partial charge in [-0.25, -0.2) is 0 Å². The Hall–Kier alpha value is -0.480. The monoisotopic (exact) mass is 256 g/mol. The lowest BCUT2D eigenvalue weighted by molar-refractivity contribution is 0.197. The van der Waals surface area contributed by atoms with Crippen LogP contribution in [0.25, 0.3) is 0 Å². The van der Waals surface area contributed by atoms with E-state index in [1.54, 1.807) is 11.8 Å². The Kier molecular flexibility index (Phi) is 5.07. The van der Waals surface area contributed by atoms with Crippen LogP contribution in [-0.4, -0.2) is 31.5 Å². The fraction of sp³-hybridized carbons (Fsp3) is 0.769. The van der Waals surface area contributed by atoms with Gasteiger partial charge >= 0.3 is 0 Å². The molecular weight excluding hydrogens is 232 g/mol. The zero-order valence-corrected chi connectivity index (χ0v) is 12.3. The molecule has 1 unspecified atom stereocenters. The van der Waals surface area contributed by atoms with Crippen LogP contribution < -0.4 is 0 Å². The molecule has 0 aliphatic carbocycles. The lowest BCUT2D eigenvalue weighted by atomic mass is 10.2. The second-order valence-electron chi connectivity index (χ2n) is 5.39. The summed E-state index contributed by atoms with van der Waals surface area (Å²) in [7, 11) is 1.94. The summed E-state index contributed by atoms with van der Waals surface area (Å²) in [6.07, 6.45) is 1.34. The fourth-order valence-corrected chi connectivity index (χ4v) is 2.39. The number of aliphatic hydroxyl groups excluding tert-OH is 1. The van der Waals surface area contributed by atoms with E-state index < -0.39 is 0 Å². The third kappa shape index (κ3) is 5.13. The van der Waals surface area contributed by atoms with Crippen molar-refractivity contribution in [1.82, 2.24) is 9.78 Å². The summed E-state index contributed by atoms with van der Waals surface area (Å²) in [5, 5.41) is 14.4. The summed E-state index contributed by atoms with van der Waals surface area (Å²) in [6.45, 7) is 8.61. The van der Waals surface area contributed by atoms with Crippen LogP contribution >= 0.6 is 11.8 Å². The summed E-state index contributed by atoms with van der Waals surface area (Å²) in [5.41, 5.74) is 2.21. The lowest BCUT2D eigenvalue weighted by Crippen LogP contribution is -2.20. The molecule has 1 aromatic rings. The Morgan fingerprint density at radius 1 is 1.47 bits per heavy atom. The molecule has 17 heavy (non-hydrogen) atoms. The van der Waals surface area contributed by atoms with E-state index in [1.165, 1.54) is 0 Å². The molecule has 0 amide bonds. The van der Waals surface area contributed by atoms with Crippen LogP contribution in [0.15, 0.2) is 6.07 Å². The smallest absolute Gasteiger partial charge is 0.0686 e. The Labute approximate surface area is 109 Å². The predicted molar refractivity (Wildman–Crippen MR) is 74.5 cm³/mol. The molecule has 0 spiro atoms. The number of hydrogen-bond acceptors (Lipinski definition) is 3. The molecule has 1 N–H and O–H groups in total. The SMILES string of the molecule is CCc1cc(CC(O)CSC(C)(C)C)n(C)n1. The van der Waals surface area contributed by atoms with E-state index in [-0.39, 0.29) is 10.9 Å². The first kappa shape index (κ1) is 14.6. The van der Waals surface area contributed by atoms with Crippen molar-refractivity contribution in [3.63, 3.8) is 0 Å². The van der Waals surface area contributed by atoms with E-state index in [9.17, 15) is 5.11 Å². The zero-order chi connectivity index (χ0) is 13.1. The average molecular weight is 256 g/mol. The van der Waals surface area contributed by atoms with Gasteiger partial charge in [0.25, 0.3) is 0 Å². The van der Waals surface area contributed by atoms with Crippen LogP contribution in [-0.2, 0) is 19.9 Å². The highest BCUT2D eigenvalue weighted by atomic mass is 32.2. The summed E-state index contributed by atoms with van der Waals surface area (Å²) in [6, 6.07) is 2.09. The molecule has 1 aromatic heterocycles. The van der Waals surface area contributed by atoms with E-state index in [4.69, 9.17) is 0 Å². The third-order valence-corrected chi connectivity index (χ3v) is 3.96. The minimum atomic E-state index is -0.292. The Balaban J connectivity index is 2.50. The van der Waals surface area contributed by atoms with Gasteiger partial charge in [0.15, 0.2) is 0 Å². The van der Waals surface area contributed by atoms with Crippen molar-refractivity contribution >= 4 is 11.8 Å². The van der Waals surface area contributed by atoms with Gasteiger partial charge in [-0.1, -0.05) is 27.7 Å². The summed E-state index contributed by atoms with van der Waals surface area (Å²) in [4.78, 5) is 0. The minimum absolute atomic E-state index is 0.210. The molecule has 4 heteroatoms. The predicted octanol–water partition coefficient (Wildman–Crippen LogP) is 2.42.